The molecule has 1 aliphatic heterocycles. The van der Waals surface area contributed by atoms with Crippen molar-refractivity contribution in [3.8, 4) is 0 Å². The van der Waals surface area contributed by atoms with Crippen LogP contribution in [-0.2, 0) is 6.54 Å². The van der Waals surface area contributed by atoms with Crippen molar-refractivity contribution in [1.29, 1.82) is 0 Å². The van der Waals surface area contributed by atoms with Crippen LogP contribution in [0.1, 0.15) is 32.0 Å². The fourth-order valence-electron chi connectivity index (χ4n) is 3.63. The van der Waals surface area contributed by atoms with Crippen molar-refractivity contribution in [2.75, 3.05) is 26.7 Å². The summed E-state index contributed by atoms with van der Waals surface area (Å²) in [7, 11) is 1.88. The smallest absolute Gasteiger partial charge is 0.193 e. The highest BCUT2D eigenvalue weighted by atomic mass is 127. The molecular weight excluding hydrogens is 425 g/mol. The third-order valence-corrected chi connectivity index (χ3v) is 4.86. The number of hydrogen-bond donors (Lipinski definition) is 1. The molecule has 0 spiro atoms. The Morgan fingerprint density at radius 2 is 2.16 bits per heavy atom. The lowest BCUT2D eigenvalue weighted by atomic mass is 10.0. The molecule has 0 amide bonds. The Balaban J connectivity index is 0.00000225. The lowest BCUT2D eigenvalue weighted by Gasteiger charge is -2.33. The van der Waals surface area contributed by atoms with Crippen molar-refractivity contribution < 1.29 is 0 Å². The second-order valence-electron chi connectivity index (χ2n) is 6.82. The fourth-order valence-corrected chi connectivity index (χ4v) is 3.63. The van der Waals surface area contributed by atoms with Crippen molar-refractivity contribution in [2.24, 2.45) is 10.9 Å². The largest absolute Gasteiger partial charge is 0.356 e. The maximum Gasteiger partial charge on any atom is 0.193 e. The standard InChI is InChI=1S/C19H29N5.HI/c1-15-8-6-12-23(14-15)19(20-3)21-11-7-13-24-16(2)22-17-9-4-5-10-18(17)24;/h4-5,9-10,15H,6-8,11-14H2,1-3H3,(H,20,21);1H. The zero-order valence-corrected chi connectivity index (χ0v) is 17.9. The monoisotopic (exact) mass is 455 g/mol. The Bertz CT molecular complexity index is 709. The van der Waals surface area contributed by atoms with Gasteiger partial charge in [0.1, 0.15) is 5.82 Å². The molecule has 6 heteroatoms. The molecule has 1 aromatic heterocycles. The van der Waals surface area contributed by atoms with E-state index in [0.29, 0.717) is 0 Å². The molecule has 1 fully saturated rings. The van der Waals surface area contributed by atoms with Gasteiger partial charge in [-0.2, -0.15) is 0 Å². The molecule has 1 unspecified atom stereocenters. The lowest BCUT2D eigenvalue weighted by Crippen LogP contribution is -2.46. The van der Waals surface area contributed by atoms with E-state index in [1.807, 2.05) is 13.1 Å². The number of rotatable bonds is 4. The van der Waals surface area contributed by atoms with Crippen LogP contribution in [0, 0.1) is 12.8 Å². The third-order valence-electron chi connectivity index (χ3n) is 4.86. The molecule has 25 heavy (non-hydrogen) atoms. The number of aliphatic imine (C=N–C) groups is 1. The SMILES string of the molecule is CN=C(NCCCn1c(C)nc2ccccc21)N1CCCC(C)C1.I. The number of aryl methyl sites for hydroxylation is 2. The average Bonchev–Trinajstić information content (AvgIpc) is 2.90. The molecular formula is C19H30IN5. The second-order valence-corrected chi connectivity index (χ2v) is 6.82. The van der Waals surface area contributed by atoms with Crippen LogP contribution in [0.2, 0.25) is 0 Å². The number of likely N-dealkylation sites (tertiary alicyclic amines) is 1. The number of nitrogens with zero attached hydrogens (tertiary/aromatic N) is 4. The molecule has 5 nitrogen and oxygen atoms in total. The maximum absolute atomic E-state index is 4.64. The number of benzene rings is 1. The van der Waals surface area contributed by atoms with Crippen molar-refractivity contribution in [3.63, 3.8) is 0 Å². The highest BCUT2D eigenvalue weighted by molar-refractivity contribution is 14.0. The van der Waals surface area contributed by atoms with E-state index in [4.69, 9.17) is 0 Å². The number of nitrogens with one attached hydrogen (secondary N) is 1. The van der Waals surface area contributed by atoms with Crippen LogP contribution >= 0.6 is 24.0 Å². The first-order valence-electron chi connectivity index (χ1n) is 9.06. The van der Waals surface area contributed by atoms with Gasteiger partial charge in [0.2, 0.25) is 0 Å². The van der Waals surface area contributed by atoms with E-state index in [1.165, 1.54) is 18.4 Å². The first-order valence-corrected chi connectivity index (χ1v) is 9.06. The summed E-state index contributed by atoms with van der Waals surface area (Å²) in [5, 5.41) is 3.53. The Morgan fingerprint density at radius 3 is 2.92 bits per heavy atom. The van der Waals surface area contributed by atoms with E-state index < -0.39 is 0 Å². The van der Waals surface area contributed by atoms with Crippen LogP contribution < -0.4 is 5.32 Å². The van der Waals surface area contributed by atoms with Crippen LogP contribution in [0.25, 0.3) is 11.0 Å². The summed E-state index contributed by atoms with van der Waals surface area (Å²) in [6, 6.07) is 8.36. The molecule has 2 heterocycles. The number of para-hydroxylation sites is 2. The number of halogens is 1. The van der Waals surface area contributed by atoms with Gasteiger partial charge in [-0.3, -0.25) is 4.99 Å². The van der Waals surface area contributed by atoms with Crippen LogP contribution in [0.3, 0.4) is 0 Å². The van der Waals surface area contributed by atoms with Gasteiger partial charge in [0.25, 0.3) is 0 Å². The Labute approximate surface area is 167 Å². The molecule has 138 valence electrons. The number of aromatic nitrogens is 2. The predicted octanol–water partition coefficient (Wildman–Crippen LogP) is 3.66. The maximum atomic E-state index is 4.64. The van der Waals surface area contributed by atoms with Crippen molar-refractivity contribution in [2.45, 2.75) is 39.7 Å². The molecule has 0 aliphatic carbocycles. The van der Waals surface area contributed by atoms with Gasteiger partial charge >= 0.3 is 0 Å². The van der Waals surface area contributed by atoms with Gasteiger partial charge in [-0.1, -0.05) is 19.1 Å². The number of piperidine rings is 1. The van der Waals surface area contributed by atoms with E-state index >= 15 is 0 Å². The first kappa shape index (κ1) is 20.0. The summed E-state index contributed by atoms with van der Waals surface area (Å²) in [4.78, 5) is 11.5. The van der Waals surface area contributed by atoms with E-state index in [0.717, 1.165) is 55.8 Å². The minimum Gasteiger partial charge on any atom is -0.356 e. The van der Waals surface area contributed by atoms with Gasteiger partial charge in [-0.15, -0.1) is 24.0 Å². The molecule has 1 aromatic carbocycles. The molecule has 0 radical (unpaired) electrons. The zero-order chi connectivity index (χ0) is 16.9. The minimum atomic E-state index is 0. The van der Waals surface area contributed by atoms with E-state index in [9.17, 15) is 0 Å². The van der Waals surface area contributed by atoms with Gasteiger partial charge in [-0.25, -0.2) is 4.98 Å². The molecule has 1 N–H and O–H groups in total. The topological polar surface area (TPSA) is 45.5 Å². The van der Waals surface area contributed by atoms with Crippen LogP contribution in [0.5, 0.6) is 0 Å². The van der Waals surface area contributed by atoms with Gasteiger partial charge < -0.3 is 14.8 Å². The zero-order valence-electron chi connectivity index (χ0n) is 15.5. The highest BCUT2D eigenvalue weighted by Gasteiger charge is 2.18. The average molecular weight is 455 g/mol. The number of imidazole rings is 1. The number of hydrogen-bond acceptors (Lipinski definition) is 2. The van der Waals surface area contributed by atoms with Gasteiger partial charge in [-0.05, 0) is 44.2 Å². The van der Waals surface area contributed by atoms with Gasteiger partial charge in [0.15, 0.2) is 5.96 Å². The van der Waals surface area contributed by atoms with E-state index in [2.05, 4.69) is 56.8 Å². The third kappa shape index (κ3) is 4.86. The van der Waals surface area contributed by atoms with E-state index in [1.54, 1.807) is 0 Å². The minimum absolute atomic E-state index is 0. The van der Waals surface area contributed by atoms with E-state index in [-0.39, 0.29) is 24.0 Å². The predicted molar refractivity (Wildman–Crippen MR) is 116 cm³/mol. The van der Waals surface area contributed by atoms with Crippen LogP contribution in [0.15, 0.2) is 29.3 Å². The van der Waals surface area contributed by atoms with Crippen molar-refractivity contribution >= 4 is 41.0 Å². The molecule has 3 rings (SSSR count). The number of guanidine groups is 1. The van der Waals surface area contributed by atoms with Gasteiger partial charge in [0.05, 0.1) is 11.0 Å². The number of fused-ring (bicyclic) bond motifs is 1. The van der Waals surface area contributed by atoms with Crippen molar-refractivity contribution in [3.05, 3.63) is 30.1 Å². The highest BCUT2D eigenvalue weighted by Crippen LogP contribution is 2.16. The van der Waals surface area contributed by atoms with Crippen LogP contribution in [0.4, 0.5) is 0 Å². The molecule has 1 aliphatic rings. The van der Waals surface area contributed by atoms with Gasteiger partial charge in [0, 0.05) is 33.2 Å². The summed E-state index contributed by atoms with van der Waals surface area (Å²) >= 11 is 0. The Morgan fingerprint density at radius 1 is 1.36 bits per heavy atom. The quantitative estimate of drug-likeness (QED) is 0.331. The summed E-state index contributed by atoms with van der Waals surface area (Å²) in [5.41, 5.74) is 2.31. The molecule has 2 aromatic rings. The molecule has 1 saturated heterocycles. The van der Waals surface area contributed by atoms with Crippen LogP contribution in [-0.4, -0.2) is 47.1 Å². The summed E-state index contributed by atoms with van der Waals surface area (Å²) in [5.74, 6) is 2.90. The Hall–Kier alpha value is -1.31. The normalized spacial score (nSPS) is 18.3. The first-order chi connectivity index (χ1) is 11.7. The lowest BCUT2D eigenvalue weighted by molar-refractivity contribution is 0.266. The fraction of sp³-hybridized carbons (Fsp3) is 0.579. The second kappa shape index (κ2) is 9.40. The van der Waals surface area contributed by atoms with Crippen molar-refractivity contribution in [1.82, 2.24) is 19.8 Å². The molecule has 1 atom stereocenters. The summed E-state index contributed by atoms with van der Waals surface area (Å²) in [6.45, 7) is 8.56. The summed E-state index contributed by atoms with van der Waals surface area (Å²) in [6.07, 6.45) is 3.66. The Kier molecular flexibility index (Phi) is 7.53. The molecule has 0 saturated carbocycles. The summed E-state index contributed by atoms with van der Waals surface area (Å²) < 4.78 is 2.31. The molecule has 0 bridgehead atoms.